The quantitative estimate of drug-likeness (QED) is 0.621. The van der Waals surface area contributed by atoms with Gasteiger partial charge < -0.3 is 9.64 Å². The molecule has 0 aliphatic carbocycles. The summed E-state index contributed by atoms with van der Waals surface area (Å²) in [6.07, 6.45) is 3.30. The first-order valence-electron chi connectivity index (χ1n) is 11.2. The van der Waals surface area contributed by atoms with Crippen molar-refractivity contribution in [1.29, 1.82) is 0 Å². The fourth-order valence-electron chi connectivity index (χ4n) is 4.65. The van der Waals surface area contributed by atoms with Gasteiger partial charge in [0.05, 0.1) is 17.9 Å². The summed E-state index contributed by atoms with van der Waals surface area (Å²) in [6.45, 7) is 9.39. The number of benzene rings is 1. The van der Waals surface area contributed by atoms with Crippen molar-refractivity contribution in [2.24, 2.45) is 11.8 Å². The summed E-state index contributed by atoms with van der Waals surface area (Å²) in [5.74, 6) is 1.60. The van der Waals surface area contributed by atoms with Crippen molar-refractivity contribution in [3.8, 4) is 11.4 Å². The lowest BCUT2D eigenvalue weighted by Crippen LogP contribution is -2.45. The molecule has 4 atom stereocenters. The molecule has 1 amide bonds. The van der Waals surface area contributed by atoms with Gasteiger partial charge in [0.1, 0.15) is 5.82 Å². The zero-order valence-electron chi connectivity index (χ0n) is 18.5. The summed E-state index contributed by atoms with van der Waals surface area (Å²) in [4.78, 5) is 15.1. The molecule has 6 nitrogen and oxygen atoms in total. The molecule has 4 rings (SSSR count). The zero-order valence-corrected chi connectivity index (χ0v) is 19.3. The molecule has 2 aliphatic rings. The van der Waals surface area contributed by atoms with E-state index >= 15 is 0 Å². The monoisotopic (exact) mass is 446 g/mol. The van der Waals surface area contributed by atoms with E-state index in [1.165, 1.54) is 30.3 Å². The van der Waals surface area contributed by atoms with Gasteiger partial charge in [-0.1, -0.05) is 25.6 Å². The van der Waals surface area contributed by atoms with Gasteiger partial charge in [0.25, 0.3) is 0 Å². The number of halogens is 1. The Bertz CT molecular complexity index is 887. The highest BCUT2D eigenvalue weighted by atomic mass is 32.2. The number of thioether (sulfide) groups is 1. The van der Waals surface area contributed by atoms with Crippen LogP contribution in [-0.2, 0) is 16.1 Å². The molecule has 0 radical (unpaired) electrons. The molecule has 168 valence electrons. The van der Waals surface area contributed by atoms with Crippen LogP contribution in [0.5, 0.6) is 0 Å². The van der Waals surface area contributed by atoms with Gasteiger partial charge in [0, 0.05) is 25.3 Å². The van der Waals surface area contributed by atoms with E-state index in [4.69, 9.17) is 4.74 Å². The van der Waals surface area contributed by atoms with Crippen molar-refractivity contribution in [1.82, 2.24) is 19.7 Å². The van der Waals surface area contributed by atoms with Crippen molar-refractivity contribution < 1.29 is 13.9 Å². The van der Waals surface area contributed by atoms with Crippen molar-refractivity contribution in [2.45, 2.75) is 63.1 Å². The first kappa shape index (κ1) is 22.3. The maximum Gasteiger partial charge on any atom is 0.235 e. The summed E-state index contributed by atoms with van der Waals surface area (Å²) in [5, 5.41) is 9.25. The van der Waals surface area contributed by atoms with Crippen molar-refractivity contribution in [2.75, 3.05) is 19.7 Å². The number of aromatic nitrogens is 3. The van der Waals surface area contributed by atoms with Crippen molar-refractivity contribution in [3.63, 3.8) is 0 Å². The van der Waals surface area contributed by atoms with Gasteiger partial charge in [-0.25, -0.2) is 4.39 Å². The molecule has 0 bridgehead atoms. The van der Waals surface area contributed by atoms with Crippen LogP contribution in [0.4, 0.5) is 4.39 Å². The summed E-state index contributed by atoms with van der Waals surface area (Å²) < 4.78 is 21.3. The highest BCUT2D eigenvalue weighted by Gasteiger charge is 2.30. The fourth-order valence-corrected chi connectivity index (χ4v) is 5.60. The number of amides is 1. The standard InChI is InChI=1S/C23H31FN4O2S/c1-15-11-16(2)13-27(12-15)22(29)17(3)31-23-26-25-21(18-6-8-19(24)9-7-18)28(23)14-20-5-4-10-30-20/h6-9,15-17,20H,4-5,10-14H2,1-3H3. The van der Waals surface area contributed by atoms with Crippen molar-refractivity contribution in [3.05, 3.63) is 30.1 Å². The van der Waals surface area contributed by atoms with E-state index in [9.17, 15) is 9.18 Å². The largest absolute Gasteiger partial charge is 0.376 e. The minimum absolute atomic E-state index is 0.101. The van der Waals surface area contributed by atoms with Gasteiger partial charge in [-0.05, 0) is 62.3 Å². The molecule has 3 heterocycles. The number of hydrogen-bond donors (Lipinski definition) is 0. The number of carbonyl (C=O) groups is 1. The van der Waals surface area contributed by atoms with Crippen LogP contribution in [0.25, 0.3) is 11.4 Å². The topological polar surface area (TPSA) is 60.2 Å². The van der Waals surface area contributed by atoms with Crippen LogP contribution in [0.2, 0.25) is 0 Å². The molecule has 0 saturated carbocycles. The molecule has 2 aliphatic heterocycles. The first-order chi connectivity index (χ1) is 14.9. The van der Waals surface area contributed by atoms with Gasteiger partial charge >= 0.3 is 0 Å². The third-order valence-corrected chi connectivity index (χ3v) is 7.11. The lowest BCUT2D eigenvalue weighted by Gasteiger charge is -2.36. The maximum absolute atomic E-state index is 13.4. The summed E-state index contributed by atoms with van der Waals surface area (Å²) >= 11 is 1.44. The fraction of sp³-hybridized carbons (Fsp3) is 0.609. The Morgan fingerprint density at radius 2 is 1.94 bits per heavy atom. The SMILES string of the molecule is CC1CC(C)CN(C(=O)C(C)Sc2nnc(-c3ccc(F)cc3)n2CC2CCCO2)C1. The number of hydrogen-bond acceptors (Lipinski definition) is 5. The average molecular weight is 447 g/mol. The van der Waals surface area contributed by atoms with E-state index in [2.05, 4.69) is 24.0 Å². The minimum atomic E-state index is -0.284. The first-order valence-corrected chi connectivity index (χ1v) is 12.0. The van der Waals surface area contributed by atoms with Crippen LogP contribution in [0.1, 0.15) is 40.0 Å². The number of nitrogens with zero attached hydrogens (tertiary/aromatic N) is 4. The molecular weight excluding hydrogens is 415 g/mol. The molecule has 2 aromatic rings. The number of rotatable bonds is 6. The number of ether oxygens (including phenoxy) is 1. The van der Waals surface area contributed by atoms with E-state index in [0.29, 0.717) is 29.4 Å². The molecule has 1 aromatic heterocycles. The van der Waals surface area contributed by atoms with E-state index in [1.807, 2.05) is 16.4 Å². The second-order valence-electron chi connectivity index (χ2n) is 9.01. The molecule has 2 saturated heterocycles. The van der Waals surface area contributed by atoms with Crippen LogP contribution in [0.15, 0.2) is 29.4 Å². The van der Waals surface area contributed by atoms with Gasteiger partial charge in [-0.2, -0.15) is 0 Å². The lowest BCUT2D eigenvalue weighted by molar-refractivity contribution is -0.132. The second kappa shape index (κ2) is 9.69. The Morgan fingerprint density at radius 3 is 2.58 bits per heavy atom. The molecule has 2 fully saturated rings. The summed E-state index contributed by atoms with van der Waals surface area (Å²) in [5.41, 5.74) is 0.802. The minimum Gasteiger partial charge on any atom is -0.376 e. The van der Waals surface area contributed by atoms with Gasteiger partial charge in [0.2, 0.25) is 5.91 Å². The van der Waals surface area contributed by atoms with Gasteiger partial charge in [0.15, 0.2) is 11.0 Å². The highest BCUT2D eigenvalue weighted by molar-refractivity contribution is 8.00. The Balaban J connectivity index is 1.55. The van der Waals surface area contributed by atoms with Crippen LogP contribution in [0, 0.1) is 17.7 Å². The second-order valence-corrected chi connectivity index (χ2v) is 10.3. The predicted octanol–water partition coefficient (Wildman–Crippen LogP) is 4.25. The van der Waals surface area contributed by atoms with Crippen LogP contribution >= 0.6 is 11.8 Å². The molecule has 0 spiro atoms. The number of carbonyl (C=O) groups excluding carboxylic acids is 1. The number of likely N-dealkylation sites (tertiary alicyclic amines) is 1. The van der Waals surface area contributed by atoms with Gasteiger partial charge in [-0.15, -0.1) is 10.2 Å². The molecule has 4 unspecified atom stereocenters. The summed E-state index contributed by atoms with van der Waals surface area (Å²) in [6, 6.07) is 6.28. The van der Waals surface area contributed by atoms with Crippen LogP contribution in [0.3, 0.4) is 0 Å². The third kappa shape index (κ3) is 5.29. The molecule has 31 heavy (non-hydrogen) atoms. The third-order valence-electron chi connectivity index (χ3n) is 6.04. The van der Waals surface area contributed by atoms with Crippen molar-refractivity contribution >= 4 is 17.7 Å². The zero-order chi connectivity index (χ0) is 22.0. The predicted molar refractivity (Wildman–Crippen MR) is 119 cm³/mol. The van der Waals surface area contributed by atoms with E-state index in [1.54, 1.807) is 12.1 Å². The molecule has 0 N–H and O–H groups in total. The normalized spacial score (nSPS) is 25.0. The maximum atomic E-state index is 13.4. The summed E-state index contributed by atoms with van der Waals surface area (Å²) in [7, 11) is 0. The molecule has 1 aromatic carbocycles. The molecule has 8 heteroatoms. The Hall–Kier alpha value is -1.93. The van der Waals surface area contributed by atoms with E-state index in [0.717, 1.165) is 38.1 Å². The smallest absolute Gasteiger partial charge is 0.235 e. The highest BCUT2D eigenvalue weighted by Crippen LogP contribution is 2.31. The van der Waals surface area contributed by atoms with Crippen LogP contribution in [-0.4, -0.2) is 56.6 Å². The Labute approximate surface area is 187 Å². The lowest BCUT2D eigenvalue weighted by atomic mass is 9.92. The van der Waals surface area contributed by atoms with Gasteiger partial charge in [-0.3, -0.25) is 9.36 Å². The number of piperidine rings is 1. The van der Waals surface area contributed by atoms with Crippen LogP contribution < -0.4 is 0 Å². The molecular formula is C23H31FN4O2S. The van der Waals surface area contributed by atoms with E-state index in [-0.39, 0.29) is 23.1 Å². The Kier molecular flexibility index (Phi) is 6.96. The average Bonchev–Trinajstić information content (AvgIpc) is 3.38. The Morgan fingerprint density at radius 1 is 1.23 bits per heavy atom. The van der Waals surface area contributed by atoms with E-state index < -0.39 is 0 Å².